The van der Waals surface area contributed by atoms with E-state index in [4.69, 9.17) is 28.9 Å². The summed E-state index contributed by atoms with van der Waals surface area (Å²) in [5, 5.41) is 1.49. The van der Waals surface area contributed by atoms with Crippen molar-refractivity contribution in [3.63, 3.8) is 0 Å². The molecule has 8 nitrogen and oxygen atoms in total. The fourth-order valence-corrected chi connectivity index (χ4v) is 7.01. The van der Waals surface area contributed by atoms with Crippen molar-refractivity contribution in [1.29, 1.82) is 0 Å². The van der Waals surface area contributed by atoms with Crippen molar-refractivity contribution in [2.75, 3.05) is 26.2 Å². The lowest BCUT2D eigenvalue weighted by Gasteiger charge is -2.47. The Morgan fingerprint density at radius 2 is 1.69 bits per heavy atom. The number of carbonyl (C=O) groups excluding carboxylic acids is 3. The monoisotopic (exact) mass is 611 g/mol. The summed E-state index contributed by atoms with van der Waals surface area (Å²) in [5.41, 5.74) is 7.48. The van der Waals surface area contributed by atoms with Crippen LogP contribution in [-0.2, 0) is 26.5 Å². The maximum atomic E-state index is 14.7. The van der Waals surface area contributed by atoms with E-state index in [1.54, 1.807) is 24.4 Å². The second-order valence-corrected chi connectivity index (χ2v) is 12.4. The molecular weight excluding hydrogens is 573 g/mol. The molecule has 0 radical (unpaired) electrons. The van der Waals surface area contributed by atoms with E-state index >= 15 is 0 Å². The molecule has 2 fully saturated rings. The minimum atomic E-state index is -1.71. The number of hydrogen-bond donors (Lipinski definition) is 2. The Hall–Kier alpha value is -2.75. The molecule has 0 bridgehead atoms. The molecule has 0 saturated carbocycles. The van der Waals surface area contributed by atoms with Crippen LogP contribution in [0.4, 0.5) is 0 Å². The van der Waals surface area contributed by atoms with Gasteiger partial charge in [-0.2, -0.15) is 0 Å². The van der Waals surface area contributed by atoms with E-state index in [1.807, 2.05) is 29.2 Å². The van der Waals surface area contributed by atoms with Crippen LogP contribution in [0.1, 0.15) is 57.1 Å². The molecule has 10 heteroatoms. The molecule has 2 aliphatic rings. The van der Waals surface area contributed by atoms with E-state index in [0.717, 1.165) is 36.8 Å². The predicted molar refractivity (Wildman–Crippen MR) is 166 cm³/mol. The van der Waals surface area contributed by atoms with E-state index in [1.165, 1.54) is 38.0 Å². The largest absolute Gasteiger partial charge is 0.361 e. The number of nitrogens with two attached hydrogens (primary N) is 1. The number of aromatic nitrogens is 1. The highest BCUT2D eigenvalue weighted by Crippen LogP contribution is 2.36. The van der Waals surface area contributed by atoms with Crippen molar-refractivity contribution in [2.45, 2.75) is 70.1 Å². The number of Topliss-reactive ketones (excluding diaryl/α,β-unsaturated/α-hetero) is 1. The zero-order chi connectivity index (χ0) is 30.0. The van der Waals surface area contributed by atoms with Crippen molar-refractivity contribution >= 4 is 51.7 Å². The van der Waals surface area contributed by atoms with Crippen LogP contribution in [-0.4, -0.2) is 75.5 Å². The Labute approximate surface area is 257 Å². The minimum Gasteiger partial charge on any atom is -0.361 e. The van der Waals surface area contributed by atoms with Gasteiger partial charge in [0.05, 0.1) is 16.6 Å². The molecule has 0 spiro atoms. The van der Waals surface area contributed by atoms with Gasteiger partial charge in [-0.15, -0.1) is 0 Å². The quantitative estimate of drug-likeness (QED) is 0.367. The summed E-state index contributed by atoms with van der Waals surface area (Å²) in [5.74, 6) is -1.29. The number of H-pyrrole nitrogens is 1. The maximum Gasteiger partial charge on any atom is 0.249 e. The molecule has 2 amide bonds. The molecule has 0 aliphatic carbocycles. The van der Waals surface area contributed by atoms with Crippen molar-refractivity contribution < 1.29 is 14.4 Å². The van der Waals surface area contributed by atoms with Gasteiger partial charge in [0.25, 0.3) is 0 Å². The fraction of sp³-hybridized carbons (Fsp3) is 0.469. The number of nitrogens with zero attached hydrogens (tertiary/aromatic N) is 3. The number of carbonyl (C=O) groups is 3. The number of rotatable bonds is 8. The lowest BCUT2D eigenvalue weighted by molar-refractivity contribution is -0.153. The second kappa shape index (κ2) is 12.9. The summed E-state index contributed by atoms with van der Waals surface area (Å²) in [6.07, 6.45) is 7.13. The molecule has 2 atom stereocenters. The smallest absolute Gasteiger partial charge is 0.249 e. The number of piperidine rings is 2. The number of aromatic amines is 1. The summed E-state index contributed by atoms with van der Waals surface area (Å²) in [4.78, 5) is 50.4. The molecule has 3 aromatic rings. The minimum absolute atomic E-state index is 0.0202. The van der Waals surface area contributed by atoms with Gasteiger partial charge in [0.2, 0.25) is 11.8 Å². The van der Waals surface area contributed by atoms with Crippen LogP contribution in [0.5, 0.6) is 0 Å². The van der Waals surface area contributed by atoms with Crippen LogP contribution in [0.2, 0.25) is 10.0 Å². The van der Waals surface area contributed by atoms with Gasteiger partial charge in [0.1, 0.15) is 11.6 Å². The molecule has 5 rings (SSSR count). The second-order valence-electron chi connectivity index (χ2n) is 11.6. The van der Waals surface area contributed by atoms with E-state index in [-0.39, 0.29) is 12.3 Å². The van der Waals surface area contributed by atoms with Crippen LogP contribution < -0.4 is 5.73 Å². The topological polar surface area (TPSA) is 103 Å². The van der Waals surface area contributed by atoms with Crippen LogP contribution >= 0.6 is 23.2 Å². The summed E-state index contributed by atoms with van der Waals surface area (Å²) in [6, 6.07) is 11.9. The van der Waals surface area contributed by atoms with Gasteiger partial charge >= 0.3 is 0 Å². The van der Waals surface area contributed by atoms with E-state index in [2.05, 4.69) is 9.88 Å². The number of fused-ring (bicyclic) bond motifs is 1. The summed E-state index contributed by atoms with van der Waals surface area (Å²) < 4.78 is 0. The van der Waals surface area contributed by atoms with Gasteiger partial charge in [0, 0.05) is 48.7 Å². The highest BCUT2D eigenvalue weighted by Gasteiger charge is 2.52. The first-order valence-electron chi connectivity index (χ1n) is 14.7. The highest BCUT2D eigenvalue weighted by atomic mass is 35.5. The number of imide groups is 1. The lowest BCUT2D eigenvalue weighted by atomic mass is 9.77. The van der Waals surface area contributed by atoms with Crippen molar-refractivity contribution in [3.8, 4) is 0 Å². The average Bonchev–Trinajstić information content (AvgIpc) is 3.43. The molecule has 2 aliphatic heterocycles. The first kappa shape index (κ1) is 30.7. The van der Waals surface area contributed by atoms with Gasteiger partial charge < -0.3 is 15.6 Å². The van der Waals surface area contributed by atoms with Crippen LogP contribution in [0.25, 0.3) is 10.9 Å². The number of nitrogens with one attached hydrogen (secondary N) is 1. The zero-order valence-corrected chi connectivity index (χ0v) is 25.8. The van der Waals surface area contributed by atoms with Crippen LogP contribution in [0.15, 0.2) is 48.7 Å². The normalized spacial score (nSPS) is 19.4. The third-order valence-electron chi connectivity index (χ3n) is 9.02. The number of ketones is 1. The van der Waals surface area contributed by atoms with E-state index in [9.17, 15) is 14.4 Å². The summed E-state index contributed by atoms with van der Waals surface area (Å²) >= 11 is 12.4. The van der Waals surface area contributed by atoms with Crippen LogP contribution in [0, 0.1) is 0 Å². The lowest BCUT2D eigenvalue weighted by Crippen LogP contribution is -2.67. The van der Waals surface area contributed by atoms with E-state index < -0.39 is 23.4 Å². The molecule has 3 heterocycles. The van der Waals surface area contributed by atoms with Gasteiger partial charge in [-0.25, -0.2) is 0 Å². The molecule has 3 N–H and O–H groups in total. The number of benzene rings is 2. The van der Waals surface area contributed by atoms with E-state index in [0.29, 0.717) is 40.3 Å². The number of likely N-dealkylation sites (tertiary alicyclic amines) is 2. The van der Waals surface area contributed by atoms with Gasteiger partial charge in [-0.3, -0.25) is 24.2 Å². The number of hydrogen-bond acceptors (Lipinski definition) is 6. The van der Waals surface area contributed by atoms with Gasteiger partial charge in [0.15, 0.2) is 5.78 Å². The molecule has 2 saturated heterocycles. The number of halogens is 2. The molecule has 1 aromatic heterocycles. The van der Waals surface area contributed by atoms with Gasteiger partial charge in [-0.1, -0.05) is 53.9 Å². The molecular formula is C32H39Cl2N5O3. The Morgan fingerprint density at radius 1 is 1.00 bits per heavy atom. The van der Waals surface area contributed by atoms with Crippen LogP contribution in [0.3, 0.4) is 0 Å². The van der Waals surface area contributed by atoms with Crippen molar-refractivity contribution in [2.24, 2.45) is 5.73 Å². The highest BCUT2D eigenvalue weighted by molar-refractivity contribution is 6.42. The maximum absolute atomic E-state index is 14.7. The molecule has 2 aromatic carbocycles. The number of para-hydroxylation sites is 1. The van der Waals surface area contributed by atoms with Crippen molar-refractivity contribution in [1.82, 2.24) is 19.7 Å². The van der Waals surface area contributed by atoms with Gasteiger partial charge in [-0.05, 0) is 69.5 Å². The zero-order valence-electron chi connectivity index (χ0n) is 24.2. The Morgan fingerprint density at radius 3 is 2.33 bits per heavy atom. The SMILES string of the molecule is CC(=O)N(Cc1ccc(Cl)c(Cl)c1)C(=O)C(N1CCC(N2CCCCC2)CC1)C(N)(C(C)=O)c1c[nH]c2ccccc12. The first-order valence-corrected chi connectivity index (χ1v) is 15.5. The summed E-state index contributed by atoms with van der Waals surface area (Å²) in [6.45, 7) is 6.13. The average molecular weight is 613 g/mol. The summed E-state index contributed by atoms with van der Waals surface area (Å²) in [7, 11) is 0. The molecule has 42 heavy (non-hydrogen) atoms. The third kappa shape index (κ3) is 6.01. The fourth-order valence-electron chi connectivity index (χ4n) is 6.69. The Balaban J connectivity index is 1.54. The predicted octanol–water partition coefficient (Wildman–Crippen LogP) is 5.11. The first-order chi connectivity index (χ1) is 20.1. The Bertz CT molecular complexity index is 1460. The molecule has 224 valence electrons. The Kier molecular flexibility index (Phi) is 9.40. The standard InChI is InChI=1S/C32H39Cl2N5O3/c1-21(40)32(35,26-19-36-29-9-5-4-8-25(26)29)30(38-16-12-24(13-17-38)37-14-6-3-7-15-37)31(42)39(22(2)41)20-23-10-11-27(33)28(34)18-23/h4-5,8-11,18-19,24,30,36H,3,6-7,12-17,20,35H2,1-2H3. The third-order valence-corrected chi connectivity index (χ3v) is 9.76. The molecule has 2 unspecified atom stereocenters. The number of amides is 2. The van der Waals surface area contributed by atoms with Crippen molar-refractivity contribution in [3.05, 3.63) is 69.8 Å².